The van der Waals surface area contributed by atoms with E-state index in [0.717, 1.165) is 22.1 Å². The number of aliphatic hydroxyl groups excluding tert-OH is 1. The molecule has 0 aliphatic rings. The van der Waals surface area contributed by atoms with Crippen molar-refractivity contribution in [1.82, 2.24) is 4.90 Å². The monoisotopic (exact) mass is 351 g/mol. The van der Waals surface area contributed by atoms with Gasteiger partial charge in [-0.3, -0.25) is 4.79 Å². The zero-order valence-electron chi connectivity index (χ0n) is 15.0. The number of benzene rings is 2. The maximum absolute atomic E-state index is 12.3. The van der Waals surface area contributed by atoms with Crippen molar-refractivity contribution < 1.29 is 14.3 Å². The number of aliphatic hydroxyl groups is 1. The number of hydrogen-bond donors (Lipinski definition) is 1. The van der Waals surface area contributed by atoms with E-state index in [9.17, 15) is 14.7 Å². The number of amides is 1. The Labute approximate surface area is 151 Å². The molecule has 0 aliphatic carbocycles. The van der Waals surface area contributed by atoms with Gasteiger partial charge in [0.25, 0.3) is 0 Å². The third-order valence-corrected chi connectivity index (χ3v) is 4.53. The first-order chi connectivity index (χ1) is 12.4. The van der Waals surface area contributed by atoms with E-state index in [1.54, 1.807) is 26.2 Å². The largest absolute Gasteiger partial charge is 0.423 e. The first-order valence-electron chi connectivity index (χ1n) is 8.38. The quantitative estimate of drug-likeness (QED) is 0.734. The van der Waals surface area contributed by atoms with E-state index in [1.165, 1.54) is 11.0 Å². The number of carbonyl (C=O) groups excluding carboxylic acids is 1. The fourth-order valence-electron chi connectivity index (χ4n) is 3.13. The van der Waals surface area contributed by atoms with Crippen LogP contribution in [0.5, 0.6) is 0 Å². The summed E-state index contributed by atoms with van der Waals surface area (Å²) in [5.41, 5.74) is 3.37. The molecule has 0 unspecified atom stereocenters. The Hall–Kier alpha value is -2.92. The summed E-state index contributed by atoms with van der Waals surface area (Å²) in [5, 5.41) is 10.4. The second kappa shape index (κ2) is 7.14. The van der Waals surface area contributed by atoms with E-state index in [1.807, 2.05) is 37.3 Å². The molecule has 0 radical (unpaired) electrons. The van der Waals surface area contributed by atoms with Crippen LogP contribution in [-0.4, -0.2) is 36.6 Å². The lowest BCUT2D eigenvalue weighted by Crippen LogP contribution is -2.30. The predicted octanol–water partition coefficient (Wildman–Crippen LogP) is 2.93. The zero-order valence-corrected chi connectivity index (χ0v) is 15.0. The molecule has 2 aromatic carbocycles. The molecule has 1 aromatic heterocycles. The van der Waals surface area contributed by atoms with Gasteiger partial charge in [-0.2, -0.15) is 0 Å². The smallest absolute Gasteiger partial charge is 0.336 e. The minimum absolute atomic E-state index is 0.204. The van der Waals surface area contributed by atoms with Crippen LogP contribution in [0, 0.1) is 6.92 Å². The van der Waals surface area contributed by atoms with Gasteiger partial charge >= 0.3 is 5.63 Å². The van der Waals surface area contributed by atoms with Crippen LogP contribution in [0.2, 0.25) is 0 Å². The van der Waals surface area contributed by atoms with E-state index in [-0.39, 0.29) is 12.5 Å². The molecule has 0 bridgehead atoms. The standard InChI is InChI=1S/C21H21NO4/c1-13-6-4-5-7-15(13)17-11-20(24)26-19-10-14(8-9-16(17)19)18(12-23)21(25)22(2)3/h4-11,18,23H,12H2,1-3H3/t18-/m0/s1. The summed E-state index contributed by atoms with van der Waals surface area (Å²) >= 11 is 0. The topological polar surface area (TPSA) is 70.7 Å². The fraction of sp³-hybridized carbons (Fsp3) is 0.238. The normalized spacial score (nSPS) is 12.2. The maximum atomic E-state index is 12.3. The fourth-order valence-corrected chi connectivity index (χ4v) is 3.13. The molecule has 0 saturated heterocycles. The van der Waals surface area contributed by atoms with Gasteiger partial charge in [-0.1, -0.05) is 36.4 Å². The van der Waals surface area contributed by atoms with Crippen LogP contribution >= 0.6 is 0 Å². The van der Waals surface area contributed by atoms with Gasteiger partial charge in [0.15, 0.2) is 0 Å². The van der Waals surface area contributed by atoms with Crippen LogP contribution in [0.4, 0.5) is 0 Å². The number of carbonyl (C=O) groups is 1. The summed E-state index contributed by atoms with van der Waals surface area (Å²) in [6, 6.07) is 14.6. The molecule has 1 amide bonds. The second-order valence-corrected chi connectivity index (χ2v) is 6.52. The zero-order chi connectivity index (χ0) is 18.8. The number of aryl methyl sites for hydroxylation is 1. The van der Waals surface area contributed by atoms with Crippen molar-refractivity contribution >= 4 is 16.9 Å². The number of fused-ring (bicyclic) bond motifs is 1. The number of nitrogens with zero attached hydrogens (tertiary/aromatic N) is 1. The van der Waals surface area contributed by atoms with Crippen molar-refractivity contribution in [3.63, 3.8) is 0 Å². The van der Waals surface area contributed by atoms with E-state index >= 15 is 0 Å². The second-order valence-electron chi connectivity index (χ2n) is 6.52. The van der Waals surface area contributed by atoms with Crippen LogP contribution in [0.3, 0.4) is 0 Å². The summed E-state index contributed by atoms with van der Waals surface area (Å²) in [5.74, 6) is -0.897. The average molecular weight is 351 g/mol. The minimum atomic E-state index is -0.693. The Morgan fingerprint density at radius 2 is 1.85 bits per heavy atom. The molecule has 134 valence electrons. The van der Waals surface area contributed by atoms with Crippen LogP contribution in [-0.2, 0) is 4.79 Å². The SMILES string of the molecule is Cc1ccccc1-c1cc(=O)oc2cc([C@H](CO)C(=O)N(C)C)ccc12. The van der Waals surface area contributed by atoms with Crippen molar-refractivity contribution in [2.45, 2.75) is 12.8 Å². The van der Waals surface area contributed by atoms with Crippen molar-refractivity contribution in [3.05, 3.63) is 70.1 Å². The van der Waals surface area contributed by atoms with Gasteiger partial charge in [0, 0.05) is 31.1 Å². The Kier molecular flexibility index (Phi) is 4.91. The number of rotatable bonds is 4. The molecule has 0 spiro atoms. The van der Waals surface area contributed by atoms with Gasteiger partial charge in [0.05, 0.1) is 12.5 Å². The van der Waals surface area contributed by atoms with Gasteiger partial charge < -0.3 is 14.4 Å². The maximum Gasteiger partial charge on any atom is 0.336 e. The first-order valence-corrected chi connectivity index (χ1v) is 8.38. The lowest BCUT2D eigenvalue weighted by molar-refractivity contribution is -0.131. The van der Waals surface area contributed by atoms with Crippen LogP contribution in [0.1, 0.15) is 17.0 Å². The molecule has 1 heterocycles. The van der Waals surface area contributed by atoms with E-state index in [2.05, 4.69) is 0 Å². The van der Waals surface area contributed by atoms with Gasteiger partial charge in [-0.25, -0.2) is 4.79 Å². The highest BCUT2D eigenvalue weighted by Crippen LogP contribution is 2.31. The van der Waals surface area contributed by atoms with Gasteiger partial charge in [0.2, 0.25) is 5.91 Å². The van der Waals surface area contributed by atoms with Gasteiger partial charge in [-0.15, -0.1) is 0 Å². The first kappa shape index (κ1) is 17.9. The highest BCUT2D eigenvalue weighted by Gasteiger charge is 2.22. The number of likely N-dealkylation sites (N-methyl/N-ethyl adjacent to an activating group) is 1. The predicted molar refractivity (Wildman–Crippen MR) is 101 cm³/mol. The Balaban J connectivity index is 2.19. The van der Waals surface area contributed by atoms with E-state index in [0.29, 0.717) is 11.1 Å². The van der Waals surface area contributed by atoms with Crippen molar-refractivity contribution in [2.75, 3.05) is 20.7 Å². The third kappa shape index (κ3) is 3.26. The molecule has 5 heteroatoms. The molecular weight excluding hydrogens is 330 g/mol. The van der Waals surface area contributed by atoms with E-state index in [4.69, 9.17) is 4.42 Å². The summed E-state index contributed by atoms with van der Waals surface area (Å²) in [6.45, 7) is 1.67. The molecule has 5 nitrogen and oxygen atoms in total. The van der Waals surface area contributed by atoms with Crippen molar-refractivity contribution in [1.29, 1.82) is 0 Å². The molecule has 1 N–H and O–H groups in total. The Morgan fingerprint density at radius 3 is 2.50 bits per heavy atom. The van der Waals surface area contributed by atoms with E-state index < -0.39 is 11.5 Å². The highest BCUT2D eigenvalue weighted by molar-refractivity contribution is 5.95. The molecular formula is C21H21NO4. The molecule has 26 heavy (non-hydrogen) atoms. The Morgan fingerprint density at radius 1 is 1.12 bits per heavy atom. The molecule has 1 atom stereocenters. The lowest BCUT2D eigenvalue weighted by Gasteiger charge is -2.19. The van der Waals surface area contributed by atoms with Crippen LogP contribution < -0.4 is 5.63 Å². The number of hydrogen-bond acceptors (Lipinski definition) is 4. The van der Waals surface area contributed by atoms with Crippen molar-refractivity contribution in [3.8, 4) is 11.1 Å². The Bertz CT molecular complexity index is 1020. The summed E-state index contributed by atoms with van der Waals surface area (Å²) < 4.78 is 5.38. The average Bonchev–Trinajstić information content (AvgIpc) is 2.61. The minimum Gasteiger partial charge on any atom is -0.423 e. The molecule has 3 aromatic rings. The van der Waals surface area contributed by atoms with Gasteiger partial charge in [0.1, 0.15) is 5.58 Å². The van der Waals surface area contributed by atoms with Crippen molar-refractivity contribution in [2.24, 2.45) is 0 Å². The molecule has 0 saturated carbocycles. The summed E-state index contributed by atoms with van der Waals surface area (Å²) in [7, 11) is 3.28. The third-order valence-electron chi connectivity index (χ3n) is 4.53. The van der Waals surface area contributed by atoms with Gasteiger partial charge in [-0.05, 0) is 29.7 Å². The molecule has 0 aliphatic heterocycles. The lowest BCUT2D eigenvalue weighted by atomic mass is 9.94. The molecule has 0 fully saturated rings. The highest BCUT2D eigenvalue weighted by atomic mass is 16.4. The molecule has 3 rings (SSSR count). The van der Waals surface area contributed by atoms with Crippen LogP contribution in [0.25, 0.3) is 22.1 Å². The summed E-state index contributed by atoms with van der Waals surface area (Å²) in [4.78, 5) is 25.8. The summed E-state index contributed by atoms with van der Waals surface area (Å²) in [6.07, 6.45) is 0. The van der Waals surface area contributed by atoms with Crippen LogP contribution in [0.15, 0.2) is 57.7 Å².